The Hall–Kier alpha value is -1.64. The molecule has 0 aliphatic rings. The average molecular weight is 248 g/mol. The molecule has 3 heteroatoms. The summed E-state index contributed by atoms with van der Waals surface area (Å²) in [7, 11) is 1.55. The van der Waals surface area contributed by atoms with Crippen LogP contribution in [-0.2, 0) is 4.79 Å². The first kappa shape index (κ1) is 14.4. The molecule has 0 atom stereocenters. The first-order chi connectivity index (χ1) is 8.45. The van der Waals surface area contributed by atoms with Gasteiger partial charge in [-0.1, -0.05) is 19.9 Å². The molecular formula is C15H20O3. The fourth-order valence-corrected chi connectivity index (χ4v) is 1.73. The zero-order chi connectivity index (χ0) is 13.7. The summed E-state index contributed by atoms with van der Waals surface area (Å²) < 4.78 is 5.20. The molecule has 0 aliphatic heterocycles. The summed E-state index contributed by atoms with van der Waals surface area (Å²) in [5.41, 5.74) is 1.67. The van der Waals surface area contributed by atoms with Crippen LogP contribution in [0.15, 0.2) is 18.2 Å². The van der Waals surface area contributed by atoms with Gasteiger partial charge in [0.15, 0.2) is 5.78 Å². The maximum atomic E-state index is 12.1. The molecule has 0 N–H and O–H groups in total. The highest BCUT2D eigenvalue weighted by Crippen LogP contribution is 2.25. The van der Waals surface area contributed by atoms with Gasteiger partial charge in [-0.3, -0.25) is 4.79 Å². The minimum atomic E-state index is -0.0375. The zero-order valence-corrected chi connectivity index (χ0v) is 11.4. The van der Waals surface area contributed by atoms with Gasteiger partial charge < -0.3 is 9.53 Å². The number of hydrogen-bond donors (Lipinski definition) is 0. The minimum absolute atomic E-state index is 0.0299. The van der Waals surface area contributed by atoms with Gasteiger partial charge in [-0.15, -0.1) is 0 Å². The molecule has 0 aromatic heterocycles. The van der Waals surface area contributed by atoms with Crippen LogP contribution in [0.4, 0.5) is 0 Å². The molecule has 0 heterocycles. The normalized spacial score (nSPS) is 10.5. The Morgan fingerprint density at radius 2 is 1.89 bits per heavy atom. The second kappa shape index (κ2) is 6.34. The lowest BCUT2D eigenvalue weighted by Gasteiger charge is -2.11. The third-order valence-electron chi connectivity index (χ3n) is 2.89. The lowest BCUT2D eigenvalue weighted by atomic mass is 9.97. The summed E-state index contributed by atoms with van der Waals surface area (Å²) in [4.78, 5) is 23.0. The summed E-state index contributed by atoms with van der Waals surface area (Å²) in [5, 5.41) is 0. The van der Waals surface area contributed by atoms with E-state index >= 15 is 0 Å². The summed E-state index contributed by atoms with van der Waals surface area (Å²) >= 11 is 0. The van der Waals surface area contributed by atoms with E-state index in [9.17, 15) is 9.59 Å². The van der Waals surface area contributed by atoms with Crippen molar-refractivity contribution in [1.82, 2.24) is 0 Å². The Labute approximate surface area is 108 Å². The second-order valence-electron chi connectivity index (χ2n) is 4.74. The number of ketones is 2. The van der Waals surface area contributed by atoms with Crippen LogP contribution in [0.2, 0.25) is 0 Å². The maximum Gasteiger partial charge on any atom is 0.167 e. The van der Waals surface area contributed by atoms with Gasteiger partial charge in [-0.2, -0.15) is 0 Å². The predicted octanol–water partition coefficient (Wildman–Crippen LogP) is 3.37. The van der Waals surface area contributed by atoms with Crippen molar-refractivity contribution in [1.29, 1.82) is 0 Å². The average Bonchev–Trinajstić information content (AvgIpc) is 2.34. The SMILES string of the molecule is COc1ccc(C(C)C)cc1C(=O)CCC(C)=O. The topological polar surface area (TPSA) is 43.4 Å². The van der Waals surface area contributed by atoms with Gasteiger partial charge in [0.2, 0.25) is 0 Å². The molecule has 0 unspecified atom stereocenters. The van der Waals surface area contributed by atoms with Gasteiger partial charge >= 0.3 is 0 Å². The highest BCUT2D eigenvalue weighted by atomic mass is 16.5. The number of methoxy groups -OCH3 is 1. The third-order valence-corrected chi connectivity index (χ3v) is 2.89. The van der Waals surface area contributed by atoms with Crippen LogP contribution in [0.3, 0.4) is 0 Å². The summed E-state index contributed by atoms with van der Waals surface area (Å²) in [6.45, 7) is 5.65. The molecule has 1 aromatic carbocycles. The lowest BCUT2D eigenvalue weighted by Crippen LogP contribution is -2.05. The summed E-state index contributed by atoms with van der Waals surface area (Å²) in [6.07, 6.45) is 0.529. The first-order valence-electron chi connectivity index (χ1n) is 6.16. The summed E-state index contributed by atoms with van der Waals surface area (Å²) in [5.74, 6) is 0.926. The maximum absolute atomic E-state index is 12.1. The number of rotatable bonds is 6. The minimum Gasteiger partial charge on any atom is -0.496 e. The molecule has 0 saturated carbocycles. The number of hydrogen-bond acceptors (Lipinski definition) is 3. The quantitative estimate of drug-likeness (QED) is 0.725. The molecule has 0 spiro atoms. The third kappa shape index (κ3) is 3.69. The Balaban J connectivity index is 3.00. The van der Waals surface area contributed by atoms with E-state index in [1.807, 2.05) is 18.2 Å². The number of benzene rings is 1. The molecule has 98 valence electrons. The zero-order valence-electron chi connectivity index (χ0n) is 11.4. The first-order valence-corrected chi connectivity index (χ1v) is 6.16. The van der Waals surface area contributed by atoms with Crippen LogP contribution in [0.5, 0.6) is 5.75 Å². The number of carbonyl (C=O) groups excluding carboxylic acids is 2. The molecule has 18 heavy (non-hydrogen) atoms. The van der Waals surface area contributed by atoms with Gasteiger partial charge in [-0.05, 0) is 30.5 Å². The van der Waals surface area contributed by atoms with Gasteiger partial charge in [0.1, 0.15) is 11.5 Å². The van der Waals surface area contributed by atoms with Crippen molar-refractivity contribution >= 4 is 11.6 Å². The number of Topliss-reactive ketones (excluding diaryl/α,β-unsaturated/α-hetero) is 2. The number of carbonyl (C=O) groups is 2. The van der Waals surface area contributed by atoms with Crippen LogP contribution < -0.4 is 4.74 Å². The van der Waals surface area contributed by atoms with E-state index in [0.29, 0.717) is 17.2 Å². The van der Waals surface area contributed by atoms with E-state index in [1.54, 1.807) is 7.11 Å². The Kier molecular flexibility index (Phi) is 5.08. The van der Waals surface area contributed by atoms with E-state index < -0.39 is 0 Å². The van der Waals surface area contributed by atoms with E-state index in [4.69, 9.17) is 4.74 Å². The van der Waals surface area contributed by atoms with Crippen molar-refractivity contribution in [3.8, 4) is 5.75 Å². The van der Waals surface area contributed by atoms with Crippen LogP contribution in [0.25, 0.3) is 0 Å². The monoisotopic (exact) mass is 248 g/mol. The van der Waals surface area contributed by atoms with Crippen molar-refractivity contribution in [2.24, 2.45) is 0 Å². The molecule has 1 aromatic rings. The van der Waals surface area contributed by atoms with Crippen molar-refractivity contribution in [2.45, 2.75) is 39.5 Å². The van der Waals surface area contributed by atoms with Crippen LogP contribution >= 0.6 is 0 Å². The molecule has 0 aliphatic carbocycles. The molecular weight excluding hydrogens is 228 g/mol. The van der Waals surface area contributed by atoms with E-state index in [0.717, 1.165) is 5.56 Å². The van der Waals surface area contributed by atoms with Gasteiger partial charge in [0.25, 0.3) is 0 Å². The van der Waals surface area contributed by atoms with Gasteiger partial charge in [0, 0.05) is 12.8 Å². The van der Waals surface area contributed by atoms with Crippen molar-refractivity contribution in [3.05, 3.63) is 29.3 Å². The van der Waals surface area contributed by atoms with Crippen LogP contribution in [0.1, 0.15) is 55.5 Å². The van der Waals surface area contributed by atoms with E-state index in [2.05, 4.69) is 13.8 Å². The predicted molar refractivity (Wildman–Crippen MR) is 71.3 cm³/mol. The molecule has 1 rings (SSSR count). The van der Waals surface area contributed by atoms with Crippen molar-refractivity contribution in [3.63, 3.8) is 0 Å². The summed E-state index contributed by atoms with van der Waals surface area (Å²) in [6, 6.07) is 5.65. The number of ether oxygens (including phenoxy) is 1. The van der Waals surface area contributed by atoms with Crippen molar-refractivity contribution in [2.75, 3.05) is 7.11 Å². The van der Waals surface area contributed by atoms with Crippen LogP contribution in [0, 0.1) is 0 Å². The van der Waals surface area contributed by atoms with Gasteiger partial charge in [-0.25, -0.2) is 0 Å². The smallest absolute Gasteiger partial charge is 0.167 e. The fraction of sp³-hybridized carbons (Fsp3) is 0.467. The lowest BCUT2D eigenvalue weighted by molar-refractivity contribution is -0.116. The molecule has 0 amide bonds. The Morgan fingerprint density at radius 3 is 2.39 bits per heavy atom. The molecule has 0 radical (unpaired) electrons. The Bertz CT molecular complexity index is 447. The molecule has 3 nitrogen and oxygen atoms in total. The largest absolute Gasteiger partial charge is 0.496 e. The second-order valence-corrected chi connectivity index (χ2v) is 4.74. The molecule has 0 fully saturated rings. The standard InChI is InChI=1S/C15H20O3/c1-10(2)12-6-8-15(18-4)13(9-12)14(17)7-5-11(3)16/h6,8-10H,5,7H2,1-4H3. The Morgan fingerprint density at radius 1 is 1.22 bits per heavy atom. The fourth-order valence-electron chi connectivity index (χ4n) is 1.73. The van der Waals surface area contributed by atoms with Gasteiger partial charge in [0.05, 0.1) is 12.7 Å². The molecule has 0 bridgehead atoms. The van der Waals surface area contributed by atoms with E-state index in [-0.39, 0.29) is 24.4 Å². The van der Waals surface area contributed by atoms with E-state index in [1.165, 1.54) is 6.92 Å². The van der Waals surface area contributed by atoms with Crippen molar-refractivity contribution < 1.29 is 14.3 Å². The highest BCUT2D eigenvalue weighted by Gasteiger charge is 2.14. The van der Waals surface area contributed by atoms with Crippen LogP contribution in [-0.4, -0.2) is 18.7 Å². The molecule has 0 saturated heterocycles. The highest BCUT2D eigenvalue weighted by molar-refractivity contribution is 6.00.